The smallest absolute Gasteiger partial charge is 0.174 e. The van der Waals surface area contributed by atoms with Crippen LogP contribution in [0.5, 0.6) is 0 Å². The zero-order valence-electron chi connectivity index (χ0n) is 14.2. The maximum atomic E-state index is 4.84. The molecular formula is C18H14N6S2. The lowest BCUT2D eigenvalue weighted by molar-refractivity contribution is 1.16. The van der Waals surface area contributed by atoms with E-state index in [4.69, 9.17) is 4.98 Å². The molecule has 0 spiro atoms. The molecule has 8 heteroatoms. The fraction of sp³-hybridized carbons (Fsp3) is 0.111. The SMILES string of the molecule is C=NC(=NC)c1nc(-c2sc(-c3cncnc3)nc2C)cc2ccsc12. The first-order chi connectivity index (χ1) is 12.7. The summed E-state index contributed by atoms with van der Waals surface area (Å²) in [4.78, 5) is 26.9. The first-order valence-corrected chi connectivity index (χ1v) is 9.46. The van der Waals surface area contributed by atoms with Gasteiger partial charge < -0.3 is 0 Å². The van der Waals surface area contributed by atoms with Gasteiger partial charge in [0.2, 0.25) is 0 Å². The number of hydrogen-bond donors (Lipinski definition) is 0. The van der Waals surface area contributed by atoms with E-state index < -0.39 is 0 Å². The van der Waals surface area contributed by atoms with Gasteiger partial charge in [0, 0.05) is 25.0 Å². The van der Waals surface area contributed by atoms with Crippen molar-refractivity contribution in [3.05, 3.63) is 47.6 Å². The minimum Gasteiger partial charge on any atom is -0.268 e. The van der Waals surface area contributed by atoms with Crippen molar-refractivity contribution in [3.63, 3.8) is 0 Å². The van der Waals surface area contributed by atoms with E-state index in [9.17, 15) is 0 Å². The fourth-order valence-electron chi connectivity index (χ4n) is 2.66. The molecule has 0 aliphatic heterocycles. The summed E-state index contributed by atoms with van der Waals surface area (Å²) < 4.78 is 1.06. The van der Waals surface area contributed by atoms with Crippen LogP contribution in [-0.2, 0) is 0 Å². The molecule has 0 saturated carbocycles. The van der Waals surface area contributed by atoms with Crippen LogP contribution < -0.4 is 0 Å². The maximum absolute atomic E-state index is 4.84. The number of aliphatic imine (C=N–C) groups is 2. The molecule has 0 amide bonds. The number of hydrogen-bond acceptors (Lipinski definition) is 7. The number of aromatic nitrogens is 4. The molecule has 0 aliphatic rings. The van der Waals surface area contributed by atoms with Gasteiger partial charge in [0.25, 0.3) is 0 Å². The van der Waals surface area contributed by atoms with Gasteiger partial charge in [-0.3, -0.25) is 4.99 Å². The van der Waals surface area contributed by atoms with E-state index >= 15 is 0 Å². The van der Waals surface area contributed by atoms with Crippen molar-refractivity contribution in [2.24, 2.45) is 9.98 Å². The Morgan fingerprint density at radius 1 is 1.19 bits per heavy atom. The Labute approximate surface area is 158 Å². The second kappa shape index (κ2) is 6.81. The van der Waals surface area contributed by atoms with Gasteiger partial charge in [-0.15, -0.1) is 22.7 Å². The number of thiophene rings is 1. The summed E-state index contributed by atoms with van der Waals surface area (Å²) >= 11 is 3.20. The van der Waals surface area contributed by atoms with Crippen LogP contribution in [0.4, 0.5) is 0 Å². The Hall–Kier alpha value is -2.84. The van der Waals surface area contributed by atoms with Gasteiger partial charge in [0.05, 0.1) is 21.0 Å². The van der Waals surface area contributed by atoms with Crippen LogP contribution in [0.2, 0.25) is 0 Å². The van der Waals surface area contributed by atoms with Gasteiger partial charge in [0.15, 0.2) is 5.84 Å². The monoisotopic (exact) mass is 378 g/mol. The van der Waals surface area contributed by atoms with Crippen molar-refractivity contribution in [2.45, 2.75) is 6.92 Å². The molecule has 0 atom stereocenters. The zero-order valence-corrected chi connectivity index (χ0v) is 15.8. The van der Waals surface area contributed by atoms with Crippen LogP contribution in [0.1, 0.15) is 11.4 Å². The normalized spacial score (nSPS) is 11.8. The third kappa shape index (κ3) is 2.83. The molecule has 6 nitrogen and oxygen atoms in total. The maximum Gasteiger partial charge on any atom is 0.174 e. The topological polar surface area (TPSA) is 76.3 Å². The van der Waals surface area contributed by atoms with Gasteiger partial charge in [-0.25, -0.2) is 24.9 Å². The summed E-state index contributed by atoms with van der Waals surface area (Å²) in [5.74, 6) is 0.540. The van der Waals surface area contributed by atoms with E-state index in [-0.39, 0.29) is 0 Å². The van der Waals surface area contributed by atoms with Crippen molar-refractivity contribution in [1.29, 1.82) is 0 Å². The van der Waals surface area contributed by atoms with Crippen LogP contribution in [0.15, 0.2) is 46.2 Å². The van der Waals surface area contributed by atoms with Gasteiger partial charge in [-0.1, -0.05) is 0 Å². The summed E-state index contributed by atoms with van der Waals surface area (Å²) in [6.45, 7) is 5.61. The standard InChI is InChI=1S/C18H14N6S2/c1-10-15(26-18(23-10)12-7-21-9-22-8-12)13-6-11-4-5-25-16(11)14(24-13)17(19-2)20-3/h4-9H,2H2,1,3H3. The Morgan fingerprint density at radius 3 is 2.73 bits per heavy atom. The van der Waals surface area contributed by atoms with E-state index in [0.29, 0.717) is 5.84 Å². The Kier molecular flexibility index (Phi) is 4.36. The molecule has 26 heavy (non-hydrogen) atoms. The van der Waals surface area contributed by atoms with Crippen molar-refractivity contribution in [2.75, 3.05) is 7.05 Å². The average Bonchev–Trinajstić information content (AvgIpc) is 3.29. The number of fused-ring (bicyclic) bond motifs is 1. The van der Waals surface area contributed by atoms with Crippen molar-refractivity contribution < 1.29 is 0 Å². The Balaban J connectivity index is 1.90. The lowest BCUT2D eigenvalue weighted by atomic mass is 10.2. The molecule has 0 bridgehead atoms. The summed E-state index contributed by atoms with van der Waals surface area (Å²) in [5.41, 5.74) is 3.42. The van der Waals surface area contributed by atoms with E-state index in [1.165, 1.54) is 6.33 Å². The fourth-order valence-corrected chi connectivity index (χ4v) is 4.53. The van der Waals surface area contributed by atoms with Gasteiger partial charge in [0.1, 0.15) is 17.0 Å². The lowest BCUT2D eigenvalue weighted by Gasteiger charge is -2.05. The molecule has 0 radical (unpaired) electrons. The predicted octanol–water partition coefficient (Wildman–Crippen LogP) is 4.26. The molecular weight excluding hydrogens is 364 g/mol. The van der Waals surface area contributed by atoms with Gasteiger partial charge >= 0.3 is 0 Å². The molecule has 0 fully saturated rings. The highest BCUT2D eigenvalue weighted by atomic mass is 32.1. The molecule has 0 aliphatic carbocycles. The zero-order chi connectivity index (χ0) is 18.1. The number of amidine groups is 1. The third-order valence-electron chi connectivity index (χ3n) is 3.85. The lowest BCUT2D eigenvalue weighted by Crippen LogP contribution is -2.01. The second-order valence-corrected chi connectivity index (χ2v) is 7.38. The molecule has 4 aromatic heterocycles. The van der Waals surface area contributed by atoms with Crippen LogP contribution >= 0.6 is 22.7 Å². The van der Waals surface area contributed by atoms with Crippen molar-refractivity contribution >= 4 is 45.3 Å². The highest BCUT2D eigenvalue weighted by Gasteiger charge is 2.17. The highest BCUT2D eigenvalue weighted by Crippen LogP contribution is 2.36. The largest absolute Gasteiger partial charge is 0.268 e. The molecule has 0 saturated heterocycles. The van der Waals surface area contributed by atoms with Crippen molar-refractivity contribution in [1.82, 2.24) is 19.9 Å². The third-order valence-corrected chi connectivity index (χ3v) is 6.01. The number of rotatable bonds is 3. The molecule has 0 aromatic carbocycles. The quantitative estimate of drug-likeness (QED) is 0.394. The predicted molar refractivity (Wildman–Crippen MR) is 109 cm³/mol. The molecule has 0 unspecified atom stereocenters. The summed E-state index contributed by atoms with van der Waals surface area (Å²) in [6.07, 6.45) is 5.04. The van der Waals surface area contributed by atoms with E-state index in [2.05, 4.69) is 43.8 Å². The number of aryl methyl sites for hydroxylation is 1. The average molecular weight is 378 g/mol. The first-order valence-electron chi connectivity index (χ1n) is 7.76. The van der Waals surface area contributed by atoms with Crippen LogP contribution in [-0.4, -0.2) is 39.5 Å². The minimum atomic E-state index is 0.540. The van der Waals surface area contributed by atoms with Gasteiger partial charge in [-0.05, 0) is 36.5 Å². The minimum absolute atomic E-state index is 0.540. The summed E-state index contributed by atoms with van der Waals surface area (Å²) in [5, 5.41) is 4.03. The number of nitrogens with zero attached hydrogens (tertiary/aromatic N) is 6. The highest BCUT2D eigenvalue weighted by molar-refractivity contribution is 7.18. The summed E-state index contributed by atoms with van der Waals surface area (Å²) in [7, 11) is 1.70. The Morgan fingerprint density at radius 2 is 2.00 bits per heavy atom. The molecule has 4 rings (SSSR count). The summed E-state index contributed by atoms with van der Waals surface area (Å²) in [6, 6.07) is 4.16. The van der Waals surface area contributed by atoms with Crippen molar-refractivity contribution in [3.8, 4) is 21.1 Å². The van der Waals surface area contributed by atoms with Gasteiger partial charge in [-0.2, -0.15) is 0 Å². The van der Waals surface area contributed by atoms with Crippen LogP contribution in [0.25, 0.3) is 31.2 Å². The first kappa shape index (κ1) is 16.6. The van der Waals surface area contributed by atoms with E-state index in [1.54, 1.807) is 42.1 Å². The Bertz CT molecular complexity index is 1130. The molecule has 128 valence electrons. The van der Waals surface area contributed by atoms with Crippen LogP contribution in [0.3, 0.4) is 0 Å². The molecule has 0 N–H and O–H groups in total. The van der Waals surface area contributed by atoms with E-state index in [1.807, 2.05) is 12.3 Å². The van der Waals surface area contributed by atoms with Crippen LogP contribution in [0, 0.1) is 6.92 Å². The second-order valence-electron chi connectivity index (χ2n) is 5.46. The molecule has 4 heterocycles. The molecule has 4 aromatic rings. The van der Waals surface area contributed by atoms with E-state index in [0.717, 1.165) is 42.6 Å². The number of thiazole rings is 1. The number of pyridine rings is 1.